The highest BCUT2D eigenvalue weighted by atomic mass is 32.2. The van der Waals surface area contributed by atoms with Crippen LogP contribution in [0.5, 0.6) is 0 Å². The number of aromatic nitrogens is 2. The third-order valence-corrected chi connectivity index (χ3v) is 3.58. The average Bonchev–Trinajstić information content (AvgIpc) is 2.64. The molecule has 18 heavy (non-hydrogen) atoms. The minimum absolute atomic E-state index is 0.0725. The lowest BCUT2D eigenvalue weighted by molar-refractivity contribution is 0.0595. The van der Waals surface area contributed by atoms with Crippen molar-refractivity contribution < 1.29 is 13.7 Å². The van der Waals surface area contributed by atoms with Crippen LogP contribution in [0.2, 0.25) is 0 Å². The van der Waals surface area contributed by atoms with E-state index in [-0.39, 0.29) is 17.6 Å². The number of nitrogens with zero attached hydrogens (tertiary/aromatic N) is 2. The lowest BCUT2D eigenvalue weighted by Gasteiger charge is -2.16. The van der Waals surface area contributed by atoms with E-state index in [0.29, 0.717) is 18.0 Å². The van der Waals surface area contributed by atoms with Crippen molar-refractivity contribution in [2.24, 2.45) is 0 Å². The number of aryl methyl sites for hydroxylation is 1. The van der Waals surface area contributed by atoms with Crippen LogP contribution in [0, 0.1) is 0 Å². The van der Waals surface area contributed by atoms with Crippen molar-refractivity contribution in [3.63, 3.8) is 0 Å². The predicted octanol–water partition coefficient (Wildman–Crippen LogP) is 0.754. The number of carbonyl (C=O) groups is 1. The highest BCUT2D eigenvalue weighted by Crippen LogP contribution is 2.22. The van der Waals surface area contributed by atoms with E-state index < -0.39 is 16.8 Å². The fourth-order valence-corrected chi connectivity index (χ4v) is 2.72. The predicted molar refractivity (Wildman–Crippen MR) is 71.0 cm³/mol. The number of nitrogen functional groups attached to an aromatic ring is 1. The molecule has 0 aliphatic rings. The maximum absolute atomic E-state index is 11.5. The fraction of sp³-hybridized carbons (Fsp3) is 0.636. The Balaban J connectivity index is 3.21. The molecule has 0 radical (unpaired) electrons. The average molecular weight is 273 g/mol. The van der Waals surface area contributed by atoms with E-state index in [9.17, 15) is 9.00 Å². The second-order valence-corrected chi connectivity index (χ2v) is 5.55. The van der Waals surface area contributed by atoms with Gasteiger partial charge in [-0.2, -0.15) is 0 Å². The van der Waals surface area contributed by atoms with Crippen molar-refractivity contribution in [2.45, 2.75) is 26.3 Å². The molecule has 1 aromatic rings. The standard InChI is InChI=1S/C11H19N3O3S/c1-5-8-13-9(11(15)17-3)10(12)14(8)7(2)6-18(4)16/h7H,5-6,12H2,1-4H3. The van der Waals surface area contributed by atoms with Crippen LogP contribution in [-0.2, 0) is 22.0 Å². The van der Waals surface area contributed by atoms with Gasteiger partial charge in [-0.1, -0.05) is 6.92 Å². The van der Waals surface area contributed by atoms with Gasteiger partial charge in [0.25, 0.3) is 0 Å². The number of anilines is 1. The molecule has 1 aromatic heterocycles. The molecular weight excluding hydrogens is 254 g/mol. The van der Waals surface area contributed by atoms with Gasteiger partial charge in [0.2, 0.25) is 0 Å². The first kappa shape index (κ1) is 14.7. The summed E-state index contributed by atoms with van der Waals surface area (Å²) < 4.78 is 17.7. The summed E-state index contributed by atoms with van der Waals surface area (Å²) in [6.45, 7) is 3.83. The summed E-state index contributed by atoms with van der Waals surface area (Å²) in [5.41, 5.74) is 6.06. The third-order valence-electron chi connectivity index (χ3n) is 2.63. The number of imidazole rings is 1. The van der Waals surface area contributed by atoms with E-state index in [1.54, 1.807) is 10.8 Å². The molecule has 0 fully saturated rings. The second-order valence-electron chi connectivity index (χ2n) is 4.07. The van der Waals surface area contributed by atoms with Gasteiger partial charge in [0.15, 0.2) is 5.69 Å². The molecule has 0 aliphatic carbocycles. The molecule has 0 spiro atoms. The van der Waals surface area contributed by atoms with Gasteiger partial charge in [0, 0.05) is 35.3 Å². The van der Waals surface area contributed by atoms with Gasteiger partial charge in [-0.25, -0.2) is 9.78 Å². The zero-order valence-electron chi connectivity index (χ0n) is 11.1. The molecule has 2 N–H and O–H groups in total. The van der Waals surface area contributed by atoms with Gasteiger partial charge < -0.3 is 15.0 Å². The third kappa shape index (κ3) is 2.90. The van der Waals surface area contributed by atoms with Gasteiger partial charge in [-0.15, -0.1) is 0 Å². The Labute approximate surface area is 109 Å². The van der Waals surface area contributed by atoms with Crippen molar-refractivity contribution in [1.29, 1.82) is 0 Å². The first-order valence-corrected chi connectivity index (χ1v) is 7.39. The van der Waals surface area contributed by atoms with Gasteiger partial charge in [-0.3, -0.25) is 4.21 Å². The maximum atomic E-state index is 11.5. The molecule has 0 amide bonds. The van der Waals surface area contributed by atoms with Crippen LogP contribution in [0.25, 0.3) is 0 Å². The normalized spacial score (nSPS) is 14.2. The topological polar surface area (TPSA) is 87.2 Å². The van der Waals surface area contributed by atoms with Gasteiger partial charge >= 0.3 is 5.97 Å². The Morgan fingerprint density at radius 3 is 2.67 bits per heavy atom. The van der Waals surface area contributed by atoms with Gasteiger partial charge in [0.1, 0.15) is 11.6 Å². The minimum atomic E-state index is -0.938. The molecule has 0 bridgehead atoms. The summed E-state index contributed by atoms with van der Waals surface area (Å²) in [4.78, 5) is 15.7. The van der Waals surface area contributed by atoms with Crippen molar-refractivity contribution in [3.05, 3.63) is 11.5 Å². The number of hydrogen-bond acceptors (Lipinski definition) is 5. The van der Waals surface area contributed by atoms with E-state index in [1.165, 1.54) is 7.11 Å². The lowest BCUT2D eigenvalue weighted by atomic mass is 10.3. The highest BCUT2D eigenvalue weighted by Gasteiger charge is 2.23. The summed E-state index contributed by atoms with van der Waals surface area (Å²) in [7, 11) is 0.350. The number of ether oxygens (including phenoxy) is 1. The Hall–Kier alpha value is -1.37. The van der Waals surface area contributed by atoms with Crippen LogP contribution in [-0.4, -0.2) is 38.8 Å². The molecular formula is C11H19N3O3S. The van der Waals surface area contributed by atoms with E-state index in [2.05, 4.69) is 9.72 Å². The number of methoxy groups -OCH3 is 1. The number of rotatable bonds is 5. The molecule has 2 atom stereocenters. The molecule has 0 aliphatic heterocycles. The van der Waals surface area contributed by atoms with E-state index in [4.69, 9.17) is 5.73 Å². The monoisotopic (exact) mass is 273 g/mol. The van der Waals surface area contributed by atoms with E-state index in [1.807, 2.05) is 13.8 Å². The van der Waals surface area contributed by atoms with Crippen LogP contribution >= 0.6 is 0 Å². The number of carbonyl (C=O) groups excluding carboxylic acids is 1. The van der Waals surface area contributed by atoms with E-state index >= 15 is 0 Å². The molecule has 6 nitrogen and oxygen atoms in total. The minimum Gasteiger partial charge on any atom is -0.464 e. The summed E-state index contributed by atoms with van der Waals surface area (Å²) >= 11 is 0. The Bertz CT molecular complexity index is 470. The molecule has 1 rings (SSSR count). The highest BCUT2D eigenvalue weighted by molar-refractivity contribution is 7.84. The van der Waals surface area contributed by atoms with Crippen LogP contribution in [0.3, 0.4) is 0 Å². The Kier molecular flexibility index (Phi) is 4.89. The summed E-state index contributed by atoms with van der Waals surface area (Å²) in [6.07, 6.45) is 2.28. The smallest absolute Gasteiger partial charge is 0.360 e. The zero-order chi connectivity index (χ0) is 13.9. The molecule has 0 saturated heterocycles. The van der Waals surface area contributed by atoms with Crippen molar-refractivity contribution >= 4 is 22.6 Å². The number of esters is 1. The van der Waals surface area contributed by atoms with Crippen LogP contribution in [0.15, 0.2) is 0 Å². The first-order chi connectivity index (χ1) is 8.42. The van der Waals surface area contributed by atoms with E-state index in [0.717, 1.165) is 0 Å². The van der Waals surface area contributed by atoms with Crippen LogP contribution in [0.1, 0.15) is 36.2 Å². The van der Waals surface area contributed by atoms with Crippen molar-refractivity contribution in [1.82, 2.24) is 9.55 Å². The molecule has 7 heteroatoms. The summed E-state index contributed by atoms with van der Waals surface area (Å²) in [5, 5.41) is 0. The fourth-order valence-electron chi connectivity index (χ4n) is 1.90. The maximum Gasteiger partial charge on any atom is 0.360 e. The Morgan fingerprint density at radius 1 is 1.61 bits per heavy atom. The molecule has 1 heterocycles. The quantitative estimate of drug-likeness (QED) is 0.800. The zero-order valence-corrected chi connectivity index (χ0v) is 11.9. The summed E-state index contributed by atoms with van der Waals surface area (Å²) in [6, 6.07) is -0.0725. The number of nitrogens with two attached hydrogens (primary N) is 1. The molecule has 0 saturated carbocycles. The number of hydrogen-bond donors (Lipinski definition) is 1. The molecule has 0 aromatic carbocycles. The summed E-state index contributed by atoms with van der Waals surface area (Å²) in [5.74, 6) is 0.891. The largest absolute Gasteiger partial charge is 0.464 e. The Morgan fingerprint density at radius 2 is 2.22 bits per heavy atom. The first-order valence-electron chi connectivity index (χ1n) is 5.67. The lowest BCUT2D eigenvalue weighted by Crippen LogP contribution is -2.17. The molecule has 2 unspecified atom stereocenters. The van der Waals surface area contributed by atoms with Crippen LogP contribution < -0.4 is 5.73 Å². The SMILES string of the molecule is CCc1nc(C(=O)OC)c(N)n1C(C)CS(C)=O. The van der Waals surface area contributed by atoms with Crippen molar-refractivity contribution in [2.75, 3.05) is 24.9 Å². The van der Waals surface area contributed by atoms with Crippen LogP contribution in [0.4, 0.5) is 5.82 Å². The van der Waals surface area contributed by atoms with Gasteiger partial charge in [0.05, 0.1) is 7.11 Å². The van der Waals surface area contributed by atoms with Crippen molar-refractivity contribution in [3.8, 4) is 0 Å². The molecule has 102 valence electrons. The van der Waals surface area contributed by atoms with Gasteiger partial charge in [-0.05, 0) is 6.92 Å². The second kappa shape index (κ2) is 5.99.